The molecule has 0 fully saturated rings. The van der Waals surface area contributed by atoms with Crippen molar-refractivity contribution in [3.63, 3.8) is 0 Å². The van der Waals surface area contributed by atoms with Crippen molar-refractivity contribution in [3.8, 4) is 32.8 Å². The number of thiazole rings is 1. The Balaban J connectivity index is 1.06. The average Bonchev–Trinajstić information content (AvgIpc) is 3.80. The van der Waals surface area contributed by atoms with Gasteiger partial charge in [-0.2, -0.15) is 0 Å². The highest BCUT2D eigenvalue weighted by Gasteiger charge is 2.46. The Morgan fingerprint density at radius 3 is 1.98 bits per heavy atom. The van der Waals surface area contributed by atoms with Gasteiger partial charge in [-0.15, -0.1) is 11.3 Å². The predicted octanol–water partition coefficient (Wildman–Crippen LogP) is 11.4. The standard InChI is InChI=1S/C48H34N4S/c1-3-14-32(15-4-1)37-27-26-36(48(35-18-5-2-6-19-35)40-22-9-7-20-38(40)39-21-8-10-23-41(39)48)31-44(37)52-47-49-29-28-42(51-47)33-16-13-17-34(30-33)46-50-43-24-11-12-25-45(43)53-46/h1-31,47,51-52H. The van der Waals surface area contributed by atoms with E-state index in [2.05, 4.69) is 180 Å². The van der Waals surface area contributed by atoms with Crippen LogP contribution < -0.4 is 10.6 Å². The molecule has 0 radical (unpaired) electrons. The van der Waals surface area contributed by atoms with E-state index in [0.29, 0.717) is 0 Å². The Hall–Kier alpha value is -6.56. The molecule has 0 spiro atoms. The summed E-state index contributed by atoms with van der Waals surface area (Å²) in [6.45, 7) is 0. The van der Waals surface area contributed by atoms with Gasteiger partial charge in [-0.3, -0.25) is 0 Å². The summed E-state index contributed by atoms with van der Waals surface area (Å²) >= 11 is 1.72. The molecule has 8 aromatic rings. The van der Waals surface area contributed by atoms with Gasteiger partial charge in [0, 0.05) is 28.7 Å². The molecule has 5 heteroatoms. The highest BCUT2D eigenvalue weighted by Crippen LogP contribution is 2.56. The lowest BCUT2D eigenvalue weighted by Gasteiger charge is -2.35. The zero-order valence-corrected chi connectivity index (χ0v) is 29.6. The van der Waals surface area contributed by atoms with Crippen LogP contribution in [0.15, 0.2) is 187 Å². The topological polar surface area (TPSA) is 49.3 Å². The van der Waals surface area contributed by atoms with Gasteiger partial charge in [-0.1, -0.05) is 152 Å². The molecule has 1 aliphatic heterocycles. The molecule has 2 heterocycles. The summed E-state index contributed by atoms with van der Waals surface area (Å²) < 4.78 is 1.19. The number of benzene rings is 7. The van der Waals surface area contributed by atoms with E-state index in [1.54, 1.807) is 11.3 Å². The van der Waals surface area contributed by atoms with Crippen molar-refractivity contribution in [1.82, 2.24) is 10.3 Å². The maximum atomic E-state index is 4.91. The van der Waals surface area contributed by atoms with Crippen LogP contribution in [0.4, 0.5) is 5.69 Å². The summed E-state index contributed by atoms with van der Waals surface area (Å²) in [6, 6.07) is 63.1. The number of anilines is 1. The Labute approximate surface area is 312 Å². The summed E-state index contributed by atoms with van der Waals surface area (Å²) in [4.78, 5) is 9.80. The van der Waals surface area contributed by atoms with Crippen LogP contribution in [-0.2, 0) is 5.41 Å². The normalized spacial score (nSPS) is 15.3. The molecule has 0 amide bonds. The third kappa shape index (κ3) is 5.28. The minimum atomic E-state index is -0.504. The number of rotatable bonds is 7. The largest absolute Gasteiger partial charge is 0.346 e. The Bertz CT molecular complexity index is 2610. The second-order valence-corrected chi connectivity index (χ2v) is 14.5. The summed E-state index contributed by atoms with van der Waals surface area (Å²) in [7, 11) is 0. The monoisotopic (exact) mass is 698 g/mol. The van der Waals surface area contributed by atoms with Gasteiger partial charge in [0.2, 0.25) is 0 Å². The summed E-state index contributed by atoms with van der Waals surface area (Å²) in [5.74, 6) is 0. The summed E-state index contributed by atoms with van der Waals surface area (Å²) in [5.41, 5.74) is 14.5. The van der Waals surface area contributed by atoms with Gasteiger partial charge in [0.1, 0.15) is 5.01 Å². The Morgan fingerprint density at radius 2 is 1.21 bits per heavy atom. The first-order chi connectivity index (χ1) is 26.3. The number of hydrogen-bond donors (Lipinski definition) is 2. The van der Waals surface area contributed by atoms with E-state index < -0.39 is 11.7 Å². The van der Waals surface area contributed by atoms with Gasteiger partial charge in [-0.25, -0.2) is 9.98 Å². The van der Waals surface area contributed by atoms with E-state index >= 15 is 0 Å². The highest BCUT2D eigenvalue weighted by molar-refractivity contribution is 7.21. The fraction of sp³-hybridized carbons (Fsp3) is 0.0417. The molecule has 0 saturated heterocycles. The molecule has 10 rings (SSSR count). The van der Waals surface area contributed by atoms with Crippen LogP contribution in [0.5, 0.6) is 0 Å². The lowest BCUT2D eigenvalue weighted by molar-refractivity contribution is 0.698. The van der Waals surface area contributed by atoms with E-state index in [0.717, 1.165) is 44.2 Å². The van der Waals surface area contributed by atoms with E-state index in [1.165, 1.54) is 38.1 Å². The fourth-order valence-electron chi connectivity index (χ4n) is 8.13. The zero-order chi connectivity index (χ0) is 35.2. The summed E-state index contributed by atoms with van der Waals surface area (Å²) in [6.07, 6.45) is 3.55. The Morgan fingerprint density at radius 1 is 0.547 bits per heavy atom. The molecule has 2 aliphatic rings. The van der Waals surface area contributed by atoms with Crippen LogP contribution >= 0.6 is 11.3 Å². The molecule has 4 nitrogen and oxygen atoms in total. The van der Waals surface area contributed by atoms with Gasteiger partial charge in [-0.05, 0) is 74.8 Å². The number of hydrogen-bond acceptors (Lipinski definition) is 5. The Kier molecular flexibility index (Phi) is 7.59. The third-order valence-corrected chi connectivity index (χ3v) is 11.6. The number of aliphatic imine (C=N–C) groups is 1. The van der Waals surface area contributed by atoms with Crippen molar-refractivity contribution in [2.75, 3.05) is 5.32 Å². The molecule has 53 heavy (non-hydrogen) atoms. The van der Waals surface area contributed by atoms with Gasteiger partial charge < -0.3 is 10.6 Å². The first-order valence-corrected chi connectivity index (χ1v) is 18.8. The zero-order valence-electron chi connectivity index (χ0n) is 28.8. The molecule has 0 bridgehead atoms. The van der Waals surface area contributed by atoms with Gasteiger partial charge in [0.25, 0.3) is 0 Å². The molecule has 1 unspecified atom stereocenters. The molecule has 1 aromatic heterocycles. The van der Waals surface area contributed by atoms with Crippen LogP contribution in [0.2, 0.25) is 0 Å². The van der Waals surface area contributed by atoms with Crippen molar-refractivity contribution >= 4 is 39.2 Å². The summed E-state index contributed by atoms with van der Waals surface area (Å²) in [5, 5.41) is 8.54. The number of aromatic nitrogens is 1. The average molecular weight is 699 g/mol. The molecular weight excluding hydrogens is 665 g/mol. The second kappa shape index (κ2) is 12.9. The molecule has 1 aliphatic carbocycles. The lowest BCUT2D eigenvalue weighted by Crippen LogP contribution is -2.36. The van der Waals surface area contributed by atoms with Crippen molar-refractivity contribution < 1.29 is 0 Å². The third-order valence-electron chi connectivity index (χ3n) is 10.5. The van der Waals surface area contributed by atoms with Crippen LogP contribution in [0.25, 0.3) is 48.7 Å². The quantitative estimate of drug-likeness (QED) is 0.174. The SMILES string of the molecule is C1=NC(Nc2cc(C3(c4ccccc4)c4ccccc4-c4ccccc43)ccc2-c2ccccc2)NC(c2cccc(-c3nc4ccccc4s3)c2)=C1. The van der Waals surface area contributed by atoms with E-state index in [1.807, 2.05) is 18.4 Å². The second-order valence-electron chi connectivity index (χ2n) is 13.5. The van der Waals surface area contributed by atoms with Crippen LogP contribution in [0, 0.1) is 0 Å². The van der Waals surface area contributed by atoms with Gasteiger partial charge >= 0.3 is 0 Å². The van der Waals surface area contributed by atoms with Crippen molar-refractivity contribution in [1.29, 1.82) is 0 Å². The number of para-hydroxylation sites is 1. The number of fused-ring (bicyclic) bond motifs is 4. The minimum Gasteiger partial charge on any atom is -0.346 e. The molecule has 1 atom stereocenters. The minimum absolute atomic E-state index is 0.394. The van der Waals surface area contributed by atoms with Crippen molar-refractivity contribution in [2.45, 2.75) is 11.7 Å². The van der Waals surface area contributed by atoms with Gasteiger partial charge in [0.05, 0.1) is 15.6 Å². The van der Waals surface area contributed by atoms with Crippen molar-refractivity contribution in [2.24, 2.45) is 4.99 Å². The smallest absolute Gasteiger partial charge is 0.194 e. The van der Waals surface area contributed by atoms with Crippen LogP contribution in [0.3, 0.4) is 0 Å². The predicted molar refractivity (Wildman–Crippen MR) is 221 cm³/mol. The maximum absolute atomic E-state index is 4.91. The fourth-order valence-corrected chi connectivity index (χ4v) is 9.09. The van der Waals surface area contributed by atoms with Crippen LogP contribution in [-0.4, -0.2) is 17.5 Å². The number of nitrogens with one attached hydrogen (secondary N) is 2. The van der Waals surface area contributed by atoms with E-state index in [9.17, 15) is 0 Å². The molecule has 252 valence electrons. The van der Waals surface area contributed by atoms with Gasteiger partial charge in [0.15, 0.2) is 6.29 Å². The van der Waals surface area contributed by atoms with Crippen LogP contribution in [0.1, 0.15) is 27.8 Å². The van der Waals surface area contributed by atoms with E-state index in [4.69, 9.17) is 9.98 Å². The number of nitrogens with zero attached hydrogens (tertiary/aromatic N) is 2. The maximum Gasteiger partial charge on any atom is 0.194 e. The molecule has 2 N–H and O–H groups in total. The molecular formula is C48H34N4S. The highest BCUT2D eigenvalue weighted by atomic mass is 32.1. The lowest BCUT2D eigenvalue weighted by atomic mass is 9.67. The molecule has 0 saturated carbocycles. The van der Waals surface area contributed by atoms with E-state index in [-0.39, 0.29) is 0 Å². The first kappa shape index (κ1) is 31.2. The van der Waals surface area contributed by atoms with Crippen molar-refractivity contribution in [3.05, 3.63) is 210 Å². The first-order valence-electron chi connectivity index (χ1n) is 17.9. The number of allylic oxidation sites excluding steroid dienone is 1. The molecule has 7 aromatic carbocycles.